The molecule has 1 N–H and O–H groups in total. The minimum Gasteiger partial charge on any atom is -0.467 e. The van der Waals surface area contributed by atoms with Crippen LogP contribution in [0.15, 0.2) is 56.9 Å². The Morgan fingerprint density at radius 3 is 2.97 bits per heavy atom. The largest absolute Gasteiger partial charge is 0.467 e. The molecule has 1 atom stereocenters. The molecule has 2 saturated heterocycles. The van der Waals surface area contributed by atoms with Crippen LogP contribution in [-0.4, -0.2) is 43.8 Å². The SMILES string of the molecule is O=C1/C(=C\c2c(NC[C@@H]3CCCO3)nc3ccccn3c2=O)SC(=S)N1Cc1ccco1. The second kappa shape index (κ2) is 8.89. The number of carbonyl (C=O) groups excluding carboxylic acids is 1. The number of amides is 1. The van der Waals surface area contributed by atoms with E-state index in [-0.39, 0.29) is 24.1 Å². The number of fused-ring (bicyclic) bond motifs is 1. The summed E-state index contributed by atoms with van der Waals surface area (Å²) in [6.07, 6.45) is 6.84. The summed E-state index contributed by atoms with van der Waals surface area (Å²) >= 11 is 6.57. The first kappa shape index (κ1) is 20.9. The molecule has 0 aromatic carbocycles. The lowest BCUT2D eigenvalue weighted by Gasteiger charge is -2.14. The third-order valence-electron chi connectivity index (χ3n) is 5.33. The standard InChI is InChI=1S/C22H20N4O4S2/c27-20-16(11-17-21(28)26(22(31)32-17)13-15-6-4-10-30-15)19(23-12-14-5-3-9-29-14)24-18-7-1-2-8-25(18)20/h1-2,4,6-8,10-11,14,23H,3,5,9,12-13H2/b17-11+/t14-/m0/s1. The number of carbonyl (C=O) groups is 1. The molecule has 0 bridgehead atoms. The van der Waals surface area contributed by atoms with Gasteiger partial charge >= 0.3 is 0 Å². The van der Waals surface area contributed by atoms with E-state index in [2.05, 4.69) is 10.3 Å². The van der Waals surface area contributed by atoms with Crippen molar-refractivity contribution < 1.29 is 13.9 Å². The van der Waals surface area contributed by atoms with Crippen LogP contribution in [-0.2, 0) is 16.1 Å². The number of rotatable bonds is 6. The molecule has 2 fully saturated rings. The number of furan rings is 1. The minimum atomic E-state index is -0.265. The van der Waals surface area contributed by atoms with Gasteiger partial charge in [0, 0.05) is 19.3 Å². The van der Waals surface area contributed by atoms with Gasteiger partial charge in [-0.1, -0.05) is 30.0 Å². The van der Waals surface area contributed by atoms with E-state index in [9.17, 15) is 9.59 Å². The van der Waals surface area contributed by atoms with Crippen molar-refractivity contribution in [2.45, 2.75) is 25.5 Å². The normalized spacial score (nSPS) is 20.1. The summed E-state index contributed by atoms with van der Waals surface area (Å²) < 4.78 is 12.9. The topological polar surface area (TPSA) is 89.1 Å². The summed E-state index contributed by atoms with van der Waals surface area (Å²) in [7, 11) is 0. The highest BCUT2D eigenvalue weighted by atomic mass is 32.2. The van der Waals surface area contributed by atoms with Gasteiger partial charge in [-0.2, -0.15) is 0 Å². The molecule has 32 heavy (non-hydrogen) atoms. The number of pyridine rings is 1. The Balaban J connectivity index is 1.50. The summed E-state index contributed by atoms with van der Waals surface area (Å²) in [5.74, 6) is 0.793. The minimum absolute atomic E-state index is 0.0744. The molecular formula is C22H20N4O4S2. The predicted octanol–water partition coefficient (Wildman–Crippen LogP) is 3.28. The Morgan fingerprint density at radius 1 is 1.28 bits per heavy atom. The molecule has 3 aromatic rings. The van der Waals surface area contributed by atoms with Gasteiger partial charge in [-0.15, -0.1) is 0 Å². The van der Waals surface area contributed by atoms with Crippen molar-refractivity contribution >= 4 is 51.7 Å². The van der Waals surface area contributed by atoms with Gasteiger partial charge in [-0.3, -0.25) is 18.9 Å². The Bertz CT molecular complexity index is 1260. The Labute approximate surface area is 193 Å². The molecule has 5 heterocycles. The van der Waals surface area contributed by atoms with E-state index in [4.69, 9.17) is 21.4 Å². The quantitative estimate of drug-likeness (QED) is 0.436. The van der Waals surface area contributed by atoms with Crippen LogP contribution in [0.3, 0.4) is 0 Å². The van der Waals surface area contributed by atoms with E-state index in [0.717, 1.165) is 31.2 Å². The first-order valence-corrected chi connectivity index (χ1v) is 11.5. The summed E-state index contributed by atoms with van der Waals surface area (Å²) in [5, 5.41) is 3.26. The molecule has 8 nitrogen and oxygen atoms in total. The van der Waals surface area contributed by atoms with Gasteiger partial charge in [0.25, 0.3) is 11.5 Å². The molecule has 3 aromatic heterocycles. The summed E-state index contributed by atoms with van der Waals surface area (Å²) in [5.41, 5.74) is 0.571. The third-order valence-corrected chi connectivity index (χ3v) is 6.71. The number of ether oxygens (including phenoxy) is 1. The number of hydrogen-bond acceptors (Lipinski definition) is 8. The molecule has 0 aliphatic carbocycles. The molecule has 1 amide bonds. The van der Waals surface area contributed by atoms with Crippen molar-refractivity contribution in [3.63, 3.8) is 0 Å². The van der Waals surface area contributed by atoms with E-state index >= 15 is 0 Å². The number of hydrogen-bond donors (Lipinski definition) is 1. The van der Waals surface area contributed by atoms with Crippen LogP contribution in [0.5, 0.6) is 0 Å². The lowest BCUT2D eigenvalue weighted by atomic mass is 10.2. The molecule has 2 aliphatic heterocycles. The van der Waals surface area contributed by atoms with Crippen LogP contribution in [0.4, 0.5) is 5.82 Å². The maximum Gasteiger partial charge on any atom is 0.267 e. The maximum absolute atomic E-state index is 13.3. The highest BCUT2D eigenvalue weighted by molar-refractivity contribution is 8.26. The van der Waals surface area contributed by atoms with Crippen molar-refractivity contribution in [3.8, 4) is 0 Å². The predicted molar refractivity (Wildman–Crippen MR) is 126 cm³/mol. The van der Waals surface area contributed by atoms with E-state index in [1.807, 2.05) is 6.07 Å². The van der Waals surface area contributed by atoms with Crippen LogP contribution in [0.25, 0.3) is 11.7 Å². The van der Waals surface area contributed by atoms with Gasteiger partial charge in [0.1, 0.15) is 21.5 Å². The number of thiocarbonyl (C=S) groups is 1. The lowest BCUT2D eigenvalue weighted by Crippen LogP contribution is -2.27. The van der Waals surface area contributed by atoms with E-state index in [0.29, 0.717) is 38.6 Å². The van der Waals surface area contributed by atoms with Gasteiger partial charge in [0.05, 0.1) is 29.4 Å². The van der Waals surface area contributed by atoms with Gasteiger partial charge in [0.15, 0.2) is 0 Å². The molecule has 0 saturated carbocycles. The fourth-order valence-corrected chi connectivity index (χ4v) is 4.95. The molecule has 0 spiro atoms. The fraction of sp³-hybridized carbons (Fsp3) is 0.273. The molecule has 0 unspecified atom stereocenters. The zero-order chi connectivity index (χ0) is 22.1. The average Bonchev–Trinajstić information content (AvgIpc) is 3.55. The summed E-state index contributed by atoms with van der Waals surface area (Å²) in [6.45, 7) is 1.52. The second-order valence-corrected chi connectivity index (χ2v) is 9.15. The summed E-state index contributed by atoms with van der Waals surface area (Å²) in [6, 6.07) is 8.91. The highest BCUT2D eigenvalue weighted by Gasteiger charge is 2.33. The smallest absolute Gasteiger partial charge is 0.267 e. The van der Waals surface area contributed by atoms with Crippen LogP contribution >= 0.6 is 24.0 Å². The zero-order valence-electron chi connectivity index (χ0n) is 17.0. The van der Waals surface area contributed by atoms with Crippen molar-refractivity contribution in [1.82, 2.24) is 14.3 Å². The third kappa shape index (κ3) is 4.08. The fourth-order valence-electron chi connectivity index (χ4n) is 3.71. The molecule has 2 aliphatic rings. The molecule has 164 valence electrons. The number of thioether (sulfide) groups is 1. The van der Waals surface area contributed by atoms with Crippen molar-refractivity contribution in [1.29, 1.82) is 0 Å². The monoisotopic (exact) mass is 468 g/mol. The number of aromatic nitrogens is 2. The lowest BCUT2D eigenvalue weighted by molar-refractivity contribution is -0.122. The van der Waals surface area contributed by atoms with Crippen molar-refractivity contribution in [2.24, 2.45) is 0 Å². The number of anilines is 1. The summed E-state index contributed by atoms with van der Waals surface area (Å²) in [4.78, 5) is 32.8. The van der Waals surface area contributed by atoms with E-state index < -0.39 is 0 Å². The molecule has 5 rings (SSSR count). The molecule has 0 radical (unpaired) electrons. The van der Waals surface area contributed by atoms with E-state index in [1.54, 1.807) is 42.8 Å². The van der Waals surface area contributed by atoms with Crippen LogP contribution in [0.2, 0.25) is 0 Å². The van der Waals surface area contributed by atoms with E-state index in [1.165, 1.54) is 9.30 Å². The molecule has 10 heteroatoms. The Morgan fingerprint density at radius 2 is 2.19 bits per heavy atom. The van der Waals surface area contributed by atoms with Crippen LogP contribution in [0, 0.1) is 0 Å². The van der Waals surface area contributed by atoms with Gasteiger partial charge in [-0.05, 0) is 43.2 Å². The Hall–Kier alpha value is -2.95. The van der Waals surface area contributed by atoms with Crippen molar-refractivity contribution in [2.75, 3.05) is 18.5 Å². The first-order chi connectivity index (χ1) is 15.6. The van der Waals surface area contributed by atoms with Crippen molar-refractivity contribution in [3.05, 3.63) is 69.4 Å². The zero-order valence-corrected chi connectivity index (χ0v) is 18.7. The van der Waals surface area contributed by atoms with Gasteiger partial charge < -0.3 is 14.5 Å². The van der Waals surface area contributed by atoms with Crippen LogP contribution < -0.4 is 10.9 Å². The highest BCUT2D eigenvalue weighted by Crippen LogP contribution is 2.34. The van der Waals surface area contributed by atoms with Gasteiger partial charge in [0.2, 0.25) is 0 Å². The maximum atomic E-state index is 13.3. The first-order valence-electron chi connectivity index (χ1n) is 10.2. The van der Waals surface area contributed by atoms with Gasteiger partial charge in [-0.25, -0.2) is 4.98 Å². The Kier molecular flexibility index (Phi) is 5.81. The average molecular weight is 469 g/mol. The number of nitrogens with zero attached hydrogens (tertiary/aromatic N) is 3. The van der Waals surface area contributed by atoms with Crippen LogP contribution in [0.1, 0.15) is 24.2 Å². The number of nitrogens with one attached hydrogen (secondary N) is 1. The second-order valence-electron chi connectivity index (χ2n) is 7.47. The molecular weight excluding hydrogens is 448 g/mol.